The summed E-state index contributed by atoms with van der Waals surface area (Å²) in [6, 6.07) is 5.66. The van der Waals surface area contributed by atoms with Gasteiger partial charge in [-0.05, 0) is 30.4 Å². The molecule has 0 aliphatic carbocycles. The number of aliphatic hydroxyl groups is 1. The van der Waals surface area contributed by atoms with Crippen molar-refractivity contribution in [1.29, 1.82) is 0 Å². The Morgan fingerprint density at radius 2 is 1.54 bits per heavy atom. The number of thiazole rings is 1. The highest BCUT2D eigenvalue weighted by Crippen LogP contribution is 2.29. The number of carboxylic acid groups (broad SMARTS) is 1. The van der Waals surface area contributed by atoms with Crippen LogP contribution >= 0.6 is 11.3 Å². The number of carboxylic acids is 1. The molecule has 0 spiro atoms. The fourth-order valence-electron chi connectivity index (χ4n) is 5.10. The largest absolute Gasteiger partial charge is 0.480 e. The molecule has 1 aromatic heterocycles. The van der Waals surface area contributed by atoms with E-state index in [9.17, 15) is 24.3 Å². The van der Waals surface area contributed by atoms with Crippen LogP contribution in [-0.4, -0.2) is 121 Å². The van der Waals surface area contributed by atoms with Crippen LogP contribution in [0.5, 0.6) is 0 Å². The lowest BCUT2D eigenvalue weighted by atomic mass is 9.85. The van der Waals surface area contributed by atoms with Gasteiger partial charge in [0.05, 0.1) is 67.9 Å². The molecule has 0 bridgehead atoms. The Morgan fingerprint density at radius 1 is 0.958 bits per heavy atom. The van der Waals surface area contributed by atoms with Gasteiger partial charge in [0.15, 0.2) is 0 Å². The van der Waals surface area contributed by atoms with Crippen molar-refractivity contribution in [2.24, 2.45) is 5.41 Å². The minimum absolute atomic E-state index is 0.0242. The van der Waals surface area contributed by atoms with E-state index in [1.165, 1.54) is 4.90 Å². The number of carbonyl (C=O) groups is 4. The quantitative estimate of drug-likeness (QED) is 0.158. The number of nitrogens with one attached hydrogen (secondary N) is 2. The molecule has 3 amide bonds. The smallest absolute Gasteiger partial charge is 0.329 e. The Labute approximate surface area is 285 Å². The number of ether oxygens (including phenoxy) is 4. The van der Waals surface area contributed by atoms with Gasteiger partial charge in [-0.25, -0.2) is 9.78 Å². The lowest BCUT2D eigenvalue weighted by Gasteiger charge is -2.35. The number of aliphatic carboxylic acids is 1. The van der Waals surface area contributed by atoms with Gasteiger partial charge in [-0.1, -0.05) is 45.0 Å². The number of amides is 3. The maximum absolute atomic E-state index is 13.8. The zero-order valence-electron chi connectivity index (χ0n) is 28.2. The molecule has 3 rings (SSSR count). The molecule has 14 nitrogen and oxygen atoms in total. The third-order valence-corrected chi connectivity index (χ3v) is 8.61. The summed E-state index contributed by atoms with van der Waals surface area (Å²) in [7, 11) is 0. The number of benzene rings is 1. The van der Waals surface area contributed by atoms with E-state index in [0.717, 1.165) is 21.7 Å². The normalized spacial score (nSPS) is 17.6. The molecule has 1 aromatic carbocycles. The highest BCUT2D eigenvalue weighted by atomic mass is 32.1. The summed E-state index contributed by atoms with van der Waals surface area (Å²) in [6.07, 6.45) is -0.789. The third kappa shape index (κ3) is 12.2. The highest BCUT2D eigenvalue weighted by Gasteiger charge is 2.44. The summed E-state index contributed by atoms with van der Waals surface area (Å²) < 4.78 is 20.9. The molecule has 48 heavy (non-hydrogen) atoms. The summed E-state index contributed by atoms with van der Waals surface area (Å²) in [4.78, 5) is 57.2. The first kappa shape index (κ1) is 39.0. The van der Waals surface area contributed by atoms with Crippen LogP contribution in [0, 0.1) is 12.3 Å². The zero-order valence-corrected chi connectivity index (χ0v) is 29.0. The van der Waals surface area contributed by atoms with Crippen LogP contribution in [0.15, 0.2) is 29.8 Å². The van der Waals surface area contributed by atoms with Crippen LogP contribution in [-0.2, 0) is 38.1 Å². The number of aliphatic hydroxyl groups excluding tert-OH is 1. The highest BCUT2D eigenvalue weighted by molar-refractivity contribution is 7.13. The van der Waals surface area contributed by atoms with Crippen molar-refractivity contribution < 1.29 is 48.3 Å². The van der Waals surface area contributed by atoms with Crippen LogP contribution in [0.1, 0.15) is 51.4 Å². The summed E-state index contributed by atoms with van der Waals surface area (Å²) in [5.74, 6) is -2.38. The average molecular weight is 693 g/mol. The molecule has 1 aliphatic rings. The second-order valence-electron chi connectivity index (χ2n) is 12.6. The van der Waals surface area contributed by atoms with Gasteiger partial charge in [-0.3, -0.25) is 14.4 Å². The minimum atomic E-state index is -1.04. The van der Waals surface area contributed by atoms with E-state index in [1.807, 2.05) is 58.9 Å². The number of β-amino-alcohol motifs (C(OH)–C–C–N with tert-alkyl or cyclic N) is 1. The van der Waals surface area contributed by atoms with Gasteiger partial charge >= 0.3 is 5.97 Å². The monoisotopic (exact) mass is 692 g/mol. The molecule has 4 N–H and O–H groups in total. The Kier molecular flexibility index (Phi) is 15.4. The molecular formula is C33H48N4O10S. The topological polar surface area (TPSA) is 186 Å². The molecule has 4 atom stereocenters. The number of hydrogen-bond donors (Lipinski definition) is 4. The number of rotatable bonds is 19. The first-order valence-electron chi connectivity index (χ1n) is 15.9. The van der Waals surface area contributed by atoms with Crippen molar-refractivity contribution in [2.75, 3.05) is 59.4 Å². The molecule has 2 aromatic rings. The summed E-state index contributed by atoms with van der Waals surface area (Å²) >= 11 is 1.57. The number of hydrogen-bond acceptors (Lipinski definition) is 11. The predicted molar refractivity (Wildman–Crippen MR) is 177 cm³/mol. The second-order valence-corrected chi connectivity index (χ2v) is 13.5. The number of carbonyl (C=O) groups excluding carboxylic acids is 3. The lowest BCUT2D eigenvalue weighted by molar-refractivity contribution is -0.144. The Balaban J connectivity index is 1.46. The van der Waals surface area contributed by atoms with Crippen LogP contribution in [0.4, 0.5) is 0 Å². The van der Waals surface area contributed by atoms with E-state index < -0.39 is 41.4 Å². The van der Waals surface area contributed by atoms with Crippen molar-refractivity contribution >= 4 is 35.0 Å². The molecular weight excluding hydrogens is 644 g/mol. The van der Waals surface area contributed by atoms with Crippen molar-refractivity contribution in [3.05, 3.63) is 41.0 Å². The summed E-state index contributed by atoms with van der Waals surface area (Å²) in [5, 5.41) is 24.7. The van der Waals surface area contributed by atoms with Crippen molar-refractivity contribution in [1.82, 2.24) is 20.5 Å². The number of aromatic nitrogens is 1. The van der Waals surface area contributed by atoms with Gasteiger partial charge in [0.1, 0.15) is 25.3 Å². The molecule has 15 heteroatoms. The van der Waals surface area contributed by atoms with Crippen LogP contribution in [0.2, 0.25) is 0 Å². The molecule has 266 valence electrons. The summed E-state index contributed by atoms with van der Waals surface area (Å²) in [5.41, 5.74) is 4.00. The van der Waals surface area contributed by atoms with Crippen LogP contribution in [0.25, 0.3) is 10.4 Å². The van der Waals surface area contributed by atoms with E-state index in [-0.39, 0.29) is 77.8 Å². The molecule has 2 heterocycles. The standard InChI is InChI=1S/C33H48N4O10S/c1-21(23-6-8-24(9-7-23)29-22(2)34-20-48-29)35-31(42)26-16-25(38)17-37(26)32(43)30(33(3,4)5)36-27(39)18-46-14-12-44-10-11-45-13-15-47-19-28(40)41/h6-9,20-21,25-26,30,38H,10-19H2,1-5H3,(H,35,42)(H,36,39)(H,40,41). The SMILES string of the molecule is Cc1ncsc1-c1ccc(C(C)NC(=O)C2CC(O)CN2C(=O)C(NC(=O)COCCOCCOCCOCC(=O)O)C(C)(C)C)cc1. The molecule has 1 fully saturated rings. The predicted octanol–water partition coefficient (Wildman–Crippen LogP) is 1.94. The van der Waals surface area contributed by atoms with E-state index in [1.54, 1.807) is 16.8 Å². The Morgan fingerprint density at radius 3 is 2.08 bits per heavy atom. The zero-order chi connectivity index (χ0) is 35.3. The van der Waals surface area contributed by atoms with Gasteiger partial charge in [0.2, 0.25) is 17.7 Å². The molecule has 1 aliphatic heterocycles. The van der Waals surface area contributed by atoms with Crippen molar-refractivity contribution in [3.63, 3.8) is 0 Å². The average Bonchev–Trinajstić information content (AvgIpc) is 3.64. The maximum Gasteiger partial charge on any atom is 0.329 e. The van der Waals surface area contributed by atoms with Gasteiger partial charge in [-0.2, -0.15) is 0 Å². The fourth-order valence-corrected chi connectivity index (χ4v) is 5.91. The van der Waals surface area contributed by atoms with Crippen LogP contribution in [0.3, 0.4) is 0 Å². The number of aryl methyl sites for hydroxylation is 1. The number of likely N-dealkylation sites (tertiary alicyclic amines) is 1. The Hall–Kier alpha value is -3.47. The summed E-state index contributed by atoms with van der Waals surface area (Å²) in [6.45, 7) is 9.88. The maximum atomic E-state index is 13.8. The van der Waals surface area contributed by atoms with Gasteiger partial charge in [0, 0.05) is 13.0 Å². The first-order chi connectivity index (χ1) is 22.8. The molecule has 0 saturated carbocycles. The van der Waals surface area contributed by atoms with E-state index in [2.05, 4.69) is 15.6 Å². The van der Waals surface area contributed by atoms with Crippen molar-refractivity contribution in [3.8, 4) is 10.4 Å². The fraction of sp³-hybridized carbons (Fsp3) is 0.606. The van der Waals surface area contributed by atoms with E-state index in [0.29, 0.717) is 0 Å². The minimum Gasteiger partial charge on any atom is -0.480 e. The van der Waals surface area contributed by atoms with Gasteiger partial charge in [-0.15, -0.1) is 11.3 Å². The van der Waals surface area contributed by atoms with E-state index in [4.69, 9.17) is 24.1 Å². The van der Waals surface area contributed by atoms with Crippen molar-refractivity contribution in [2.45, 2.75) is 65.3 Å². The second kappa shape index (κ2) is 18.9. The van der Waals surface area contributed by atoms with E-state index >= 15 is 0 Å². The molecule has 4 unspecified atom stereocenters. The third-order valence-electron chi connectivity index (χ3n) is 7.63. The van der Waals surface area contributed by atoms with Gasteiger partial charge < -0.3 is 44.7 Å². The first-order valence-corrected chi connectivity index (χ1v) is 16.8. The van der Waals surface area contributed by atoms with Crippen LogP contribution < -0.4 is 10.6 Å². The number of nitrogens with zero attached hydrogens (tertiary/aromatic N) is 2. The lowest BCUT2D eigenvalue weighted by Crippen LogP contribution is -2.58. The Bertz CT molecular complexity index is 1350. The van der Waals surface area contributed by atoms with Gasteiger partial charge in [0.25, 0.3) is 0 Å². The molecule has 1 saturated heterocycles. The molecule has 0 radical (unpaired) electrons.